The van der Waals surface area contributed by atoms with E-state index in [0.717, 1.165) is 29.5 Å². The van der Waals surface area contributed by atoms with E-state index in [4.69, 9.17) is 0 Å². The molecule has 128 valence electrons. The fourth-order valence-electron chi connectivity index (χ4n) is 3.36. The number of likely N-dealkylation sites (tertiary alicyclic amines) is 2. The molecule has 0 bridgehead atoms. The Morgan fingerprint density at radius 1 is 1.30 bits per heavy atom. The normalized spacial score (nSPS) is 28.3. The zero-order chi connectivity index (χ0) is 16.7. The summed E-state index contributed by atoms with van der Waals surface area (Å²) in [5, 5.41) is 11.5. The van der Waals surface area contributed by atoms with Crippen LogP contribution in [0.5, 0.6) is 0 Å². The van der Waals surface area contributed by atoms with Crippen molar-refractivity contribution in [2.75, 3.05) is 26.2 Å². The molecule has 1 amide bonds. The second-order valence-electron chi connectivity index (χ2n) is 7.74. The second kappa shape index (κ2) is 6.15. The predicted octanol–water partition coefficient (Wildman–Crippen LogP) is 2.36. The molecule has 6 heteroatoms. The van der Waals surface area contributed by atoms with Crippen LogP contribution in [0.2, 0.25) is 0 Å². The van der Waals surface area contributed by atoms with Gasteiger partial charge in [-0.2, -0.15) is 0 Å². The van der Waals surface area contributed by atoms with E-state index in [0.29, 0.717) is 19.5 Å². The number of hydrogen-bond donors (Lipinski definition) is 1. The first kappa shape index (κ1) is 16.9. The minimum atomic E-state index is -0.724. The molecular formula is C17H27N3O2S. The van der Waals surface area contributed by atoms with Crippen molar-refractivity contribution < 1.29 is 9.90 Å². The van der Waals surface area contributed by atoms with Gasteiger partial charge in [-0.25, -0.2) is 4.98 Å². The van der Waals surface area contributed by atoms with Gasteiger partial charge >= 0.3 is 0 Å². The summed E-state index contributed by atoms with van der Waals surface area (Å²) in [7, 11) is 0. The highest BCUT2D eigenvalue weighted by molar-refractivity contribution is 7.13. The molecular weight excluding hydrogens is 310 g/mol. The van der Waals surface area contributed by atoms with Gasteiger partial charge in [0.1, 0.15) is 9.88 Å². The molecule has 0 aromatic carbocycles. The molecule has 0 saturated carbocycles. The number of carbonyl (C=O) groups excluding carboxylic acids is 1. The maximum Gasteiger partial charge on any atom is 0.265 e. The third-order valence-corrected chi connectivity index (χ3v) is 6.49. The molecule has 2 aliphatic heterocycles. The largest absolute Gasteiger partial charge is 0.389 e. The molecule has 0 spiro atoms. The first-order chi connectivity index (χ1) is 10.8. The van der Waals surface area contributed by atoms with Crippen LogP contribution in [0.3, 0.4) is 0 Å². The van der Waals surface area contributed by atoms with Crippen LogP contribution < -0.4 is 0 Å². The van der Waals surface area contributed by atoms with E-state index in [9.17, 15) is 9.90 Å². The molecule has 1 N–H and O–H groups in total. The van der Waals surface area contributed by atoms with Crippen molar-refractivity contribution in [2.45, 2.75) is 52.2 Å². The summed E-state index contributed by atoms with van der Waals surface area (Å²) in [6.07, 6.45) is 4.86. The summed E-state index contributed by atoms with van der Waals surface area (Å²) in [6, 6.07) is 0. The van der Waals surface area contributed by atoms with Crippen molar-refractivity contribution >= 4 is 17.2 Å². The number of thiazole rings is 1. The zero-order valence-corrected chi connectivity index (χ0v) is 15.2. The fraction of sp³-hybridized carbons (Fsp3) is 0.765. The Bertz CT molecular complexity index is 576. The van der Waals surface area contributed by atoms with Crippen molar-refractivity contribution in [3.63, 3.8) is 0 Å². The van der Waals surface area contributed by atoms with E-state index in [2.05, 4.69) is 9.88 Å². The average Bonchev–Trinajstić information content (AvgIpc) is 3.13. The van der Waals surface area contributed by atoms with Crippen molar-refractivity contribution in [2.24, 2.45) is 5.41 Å². The van der Waals surface area contributed by atoms with Gasteiger partial charge in [0, 0.05) is 18.5 Å². The predicted molar refractivity (Wildman–Crippen MR) is 91.6 cm³/mol. The summed E-state index contributed by atoms with van der Waals surface area (Å²) in [4.78, 5) is 22.2. The lowest BCUT2D eigenvalue weighted by Crippen LogP contribution is -2.56. The molecule has 1 atom stereocenters. The second-order valence-corrected chi connectivity index (χ2v) is 8.85. The van der Waals surface area contributed by atoms with Gasteiger partial charge in [0.15, 0.2) is 0 Å². The molecule has 0 radical (unpaired) electrons. The molecule has 0 aliphatic carbocycles. The monoisotopic (exact) mass is 337 g/mol. The highest BCUT2D eigenvalue weighted by Gasteiger charge is 2.45. The van der Waals surface area contributed by atoms with E-state index in [1.807, 2.05) is 25.7 Å². The standard InChI is InChI=1S/C17H27N3O2S/c1-16(2)12-20(9-6-17(16,3)22)15(21)13-10-18-14(23-13)11-19-7-4-5-8-19/h10,22H,4-9,11-12H2,1-3H3/t17-/m0/s1. The Balaban J connectivity index is 1.65. The van der Waals surface area contributed by atoms with Crippen molar-refractivity contribution in [1.29, 1.82) is 0 Å². The van der Waals surface area contributed by atoms with E-state index in [-0.39, 0.29) is 11.3 Å². The van der Waals surface area contributed by atoms with E-state index in [1.54, 1.807) is 6.20 Å². The van der Waals surface area contributed by atoms with E-state index in [1.165, 1.54) is 24.2 Å². The Kier molecular flexibility index (Phi) is 4.51. The van der Waals surface area contributed by atoms with Gasteiger partial charge in [0.25, 0.3) is 5.91 Å². The van der Waals surface area contributed by atoms with Gasteiger partial charge in [-0.1, -0.05) is 13.8 Å². The topological polar surface area (TPSA) is 56.7 Å². The zero-order valence-electron chi connectivity index (χ0n) is 14.3. The number of piperidine rings is 1. The molecule has 0 unspecified atom stereocenters. The number of hydrogen-bond acceptors (Lipinski definition) is 5. The lowest BCUT2D eigenvalue weighted by molar-refractivity contribution is -0.0970. The Morgan fingerprint density at radius 3 is 2.65 bits per heavy atom. The quantitative estimate of drug-likeness (QED) is 0.920. The molecule has 3 rings (SSSR count). The van der Waals surface area contributed by atoms with Crippen LogP contribution in [0.1, 0.15) is 54.7 Å². The first-order valence-corrected chi connectivity index (χ1v) is 9.29. The SMILES string of the molecule is CC1(C)CN(C(=O)c2cnc(CN3CCCC3)s2)CC[C@]1(C)O. The fourth-order valence-corrected chi connectivity index (χ4v) is 4.29. The smallest absolute Gasteiger partial charge is 0.265 e. The Hall–Kier alpha value is -0.980. The van der Waals surface area contributed by atoms with Gasteiger partial charge < -0.3 is 10.0 Å². The van der Waals surface area contributed by atoms with Crippen LogP contribution in [0.15, 0.2) is 6.20 Å². The highest BCUT2D eigenvalue weighted by Crippen LogP contribution is 2.38. The molecule has 5 nitrogen and oxygen atoms in total. The van der Waals surface area contributed by atoms with Gasteiger partial charge in [-0.3, -0.25) is 9.69 Å². The minimum absolute atomic E-state index is 0.0544. The third-order valence-electron chi connectivity index (χ3n) is 5.52. The van der Waals surface area contributed by atoms with E-state index >= 15 is 0 Å². The summed E-state index contributed by atoms with van der Waals surface area (Å²) in [5.74, 6) is 0.0544. The summed E-state index contributed by atoms with van der Waals surface area (Å²) >= 11 is 1.52. The Labute approximate surface area is 142 Å². The summed E-state index contributed by atoms with van der Waals surface area (Å²) < 4.78 is 0. The first-order valence-electron chi connectivity index (χ1n) is 8.47. The molecule has 2 saturated heterocycles. The number of aromatic nitrogens is 1. The molecule has 3 heterocycles. The van der Waals surface area contributed by atoms with Gasteiger partial charge in [-0.15, -0.1) is 11.3 Å². The number of aliphatic hydroxyl groups is 1. The van der Waals surface area contributed by atoms with Crippen LogP contribution in [-0.4, -0.2) is 57.6 Å². The minimum Gasteiger partial charge on any atom is -0.389 e. The van der Waals surface area contributed by atoms with E-state index < -0.39 is 5.60 Å². The summed E-state index contributed by atoms with van der Waals surface area (Å²) in [5.41, 5.74) is -1.03. The van der Waals surface area contributed by atoms with Crippen LogP contribution in [0.4, 0.5) is 0 Å². The molecule has 1 aromatic rings. The van der Waals surface area contributed by atoms with Crippen molar-refractivity contribution in [1.82, 2.24) is 14.8 Å². The van der Waals surface area contributed by atoms with Crippen LogP contribution in [0, 0.1) is 5.41 Å². The van der Waals surface area contributed by atoms with Crippen molar-refractivity contribution in [3.8, 4) is 0 Å². The maximum atomic E-state index is 12.8. The van der Waals surface area contributed by atoms with Crippen LogP contribution in [-0.2, 0) is 6.54 Å². The third kappa shape index (κ3) is 3.44. The maximum absolute atomic E-state index is 12.8. The van der Waals surface area contributed by atoms with Crippen LogP contribution >= 0.6 is 11.3 Å². The van der Waals surface area contributed by atoms with Gasteiger partial charge in [-0.05, 0) is 39.3 Å². The molecule has 2 aliphatic rings. The number of carbonyl (C=O) groups is 1. The van der Waals surface area contributed by atoms with Crippen molar-refractivity contribution in [3.05, 3.63) is 16.1 Å². The molecule has 2 fully saturated rings. The number of amides is 1. The number of rotatable bonds is 3. The average molecular weight is 337 g/mol. The number of nitrogens with zero attached hydrogens (tertiary/aromatic N) is 3. The van der Waals surface area contributed by atoms with Crippen LogP contribution in [0.25, 0.3) is 0 Å². The Morgan fingerprint density at radius 2 is 2.00 bits per heavy atom. The molecule has 23 heavy (non-hydrogen) atoms. The summed E-state index contributed by atoms with van der Waals surface area (Å²) in [6.45, 7) is 10.2. The van der Waals surface area contributed by atoms with Gasteiger partial charge in [0.2, 0.25) is 0 Å². The lowest BCUT2D eigenvalue weighted by Gasteiger charge is -2.48. The molecule has 1 aromatic heterocycles. The highest BCUT2D eigenvalue weighted by atomic mass is 32.1. The van der Waals surface area contributed by atoms with Gasteiger partial charge in [0.05, 0.1) is 18.3 Å². The lowest BCUT2D eigenvalue weighted by atomic mass is 9.71.